The molecule has 2 aliphatic rings. The van der Waals surface area contributed by atoms with Gasteiger partial charge in [-0.25, -0.2) is 19.6 Å². The quantitative estimate of drug-likeness (QED) is 0.0778. The third kappa shape index (κ3) is 14.9. The SMILES string of the molecule is CC(=O)N(C/C=C/[C@@H]1C[C@@H](O[Si](C)(C)C(C)(C)C)CN1C(=O)OCc1ccccc1)c1ncccc1Br.CC(=O)n1cc(C[C@@H]2C[C@@H](O[Si](C)(C)C(C)(C)C)CN2C(=O)OCc2ccccc2)c2cccnc21. The maximum absolute atomic E-state index is 13.3. The van der Waals surface area contributed by atoms with E-state index in [-0.39, 0.29) is 71.6 Å². The Kier molecular flexibility index (Phi) is 18.9. The molecule has 0 radical (unpaired) electrons. The molecule has 392 valence electrons. The van der Waals surface area contributed by atoms with Crippen molar-refractivity contribution in [3.8, 4) is 0 Å². The fourth-order valence-electron chi connectivity index (χ4n) is 8.52. The van der Waals surface area contributed by atoms with E-state index in [2.05, 4.69) is 93.6 Å². The lowest BCUT2D eigenvalue weighted by molar-refractivity contribution is -0.116. The molecule has 2 aliphatic heterocycles. The molecule has 0 saturated carbocycles. The number of rotatable bonds is 14. The van der Waals surface area contributed by atoms with Gasteiger partial charge in [0.1, 0.15) is 24.7 Å². The molecular formula is C56H75BrN6O8Si2. The van der Waals surface area contributed by atoms with E-state index in [0.29, 0.717) is 43.9 Å². The van der Waals surface area contributed by atoms with Crippen molar-refractivity contribution in [1.82, 2.24) is 24.3 Å². The number of carbonyl (C=O) groups is 4. The second-order valence-electron chi connectivity index (χ2n) is 22.1. The number of fused-ring (bicyclic) bond motifs is 1. The summed E-state index contributed by atoms with van der Waals surface area (Å²) in [5.74, 6) is 0.354. The molecular weight excluding hydrogens is 1020 g/mol. The Balaban J connectivity index is 0.000000238. The van der Waals surface area contributed by atoms with Gasteiger partial charge in [0, 0.05) is 63.5 Å². The molecule has 4 atom stereocenters. The Morgan fingerprint density at radius 3 is 1.77 bits per heavy atom. The second kappa shape index (κ2) is 24.3. The highest BCUT2D eigenvalue weighted by Crippen LogP contribution is 2.41. The van der Waals surface area contributed by atoms with Gasteiger partial charge in [0.2, 0.25) is 11.8 Å². The zero-order valence-electron chi connectivity index (χ0n) is 44.8. The smallest absolute Gasteiger partial charge is 0.410 e. The number of anilines is 1. The van der Waals surface area contributed by atoms with Crippen molar-refractivity contribution in [2.24, 2.45) is 0 Å². The van der Waals surface area contributed by atoms with Gasteiger partial charge in [0.15, 0.2) is 16.6 Å². The van der Waals surface area contributed by atoms with E-state index in [0.717, 1.165) is 33.0 Å². The number of hydrogen-bond acceptors (Lipinski definition) is 10. The van der Waals surface area contributed by atoms with E-state index < -0.39 is 16.6 Å². The van der Waals surface area contributed by atoms with Crippen molar-refractivity contribution >= 4 is 73.4 Å². The number of aromatic nitrogens is 3. The van der Waals surface area contributed by atoms with Crippen LogP contribution in [0.4, 0.5) is 15.4 Å². The molecule has 3 aromatic heterocycles. The predicted molar refractivity (Wildman–Crippen MR) is 296 cm³/mol. The van der Waals surface area contributed by atoms with Crippen molar-refractivity contribution in [3.63, 3.8) is 0 Å². The Bertz CT molecular complexity index is 2710. The molecule has 0 unspecified atom stereocenters. The number of amides is 3. The third-order valence-corrected chi connectivity index (χ3v) is 24.2. The second-order valence-corrected chi connectivity index (χ2v) is 32.4. The van der Waals surface area contributed by atoms with Gasteiger partial charge in [-0.05, 0) is 112 Å². The van der Waals surface area contributed by atoms with Crippen molar-refractivity contribution in [3.05, 3.63) is 137 Å². The van der Waals surface area contributed by atoms with Crippen LogP contribution in [0.25, 0.3) is 11.0 Å². The summed E-state index contributed by atoms with van der Waals surface area (Å²) in [5, 5.41) is 1.07. The van der Waals surface area contributed by atoms with Crippen LogP contribution in [0.2, 0.25) is 36.3 Å². The number of likely N-dealkylation sites (tertiary alicyclic amines) is 2. The van der Waals surface area contributed by atoms with Gasteiger partial charge in [-0.1, -0.05) is 114 Å². The average molecular weight is 1100 g/mol. The van der Waals surface area contributed by atoms with Gasteiger partial charge < -0.3 is 23.2 Å². The largest absolute Gasteiger partial charge is 0.445 e. The van der Waals surface area contributed by atoms with Crippen LogP contribution in [0.5, 0.6) is 0 Å². The van der Waals surface area contributed by atoms with Crippen LogP contribution in [-0.2, 0) is 42.8 Å². The fourth-order valence-corrected chi connectivity index (χ4v) is 11.7. The Morgan fingerprint density at radius 2 is 1.23 bits per heavy atom. The van der Waals surface area contributed by atoms with E-state index in [9.17, 15) is 19.2 Å². The van der Waals surface area contributed by atoms with Crippen LogP contribution in [0.3, 0.4) is 0 Å². The minimum absolute atomic E-state index is 0.0561. The lowest BCUT2D eigenvalue weighted by atomic mass is 10.0. The van der Waals surface area contributed by atoms with Crippen molar-refractivity contribution in [2.45, 2.75) is 148 Å². The summed E-state index contributed by atoms with van der Waals surface area (Å²) in [6.07, 6.45) is 10.3. The maximum Gasteiger partial charge on any atom is 0.410 e. The van der Waals surface area contributed by atoms with Crippen molar-refractivity contribution in [1.29, 1.82) is 0 Å². The maximum atomic E-state index is 13.3. The molecule has 2 aromatic carbocycles. The molecule has 0 N–H and O–H groups in total. The van der Waals surface area contributed by atoms with Gasteiger partial charge in [-0.3, -0.25) is 24.0 Å². The normalized spacial score (nSPS) is 18.4. The monoisotopic (exact) mass is 1090 g/mol. The first-order valence-corrected chi connectivity index (χ1v) is 31.8. The van der Waals surface area contributed by atoms with Crippen molar-refractivity contribution in [2.75, 3.05) is 24.5 Å². The van der Waals surface area contributed by atoms with Gasteiger partial charge in [-0.15, -0.1) is 0 Å². The summed E-state index contributed by atoms with van der Waals surface area (Å²) in [7, 11) is -4.04. The van der Waals surface area contributed by atoms with E-state index in [1.807, 2.05) is 108 Å². The molecule has 3 amide bonds. The van der Waals surface area contributed by atoms with Crippen LogP contribution in [0, 0.1) is 0 Å². The molecule has 5 aromatic rings. The first kappa shape index (κ1) is 56.8. The third-order valence-electron chi connectivity index (χ3n) is 14.6. The summed E-state index contributed by atoms with van der Waals surface area (Å²) in [4.78, 5) is 64.9. The van der Waals surface area contributed by atoms with E-state index >= 15 is 0 Å². The van der Waals surface area contributed by atoms with Gasteiger partial charge in [-0.2, -0.15) is 0 Å². The summed E-state index contributed by atoms with van der Waals surface area (Å²) in [5.41, 5.74) is 3.53. The molecule has 0 spiro atoms. The first-order valence-electron chi connectivity index (χ1n) is 25.2. The van der Waals surface area contributed by atoms with Crippen LogP contribution in [0.1, 0.15) is 89.7 Å². The minimum atomic E-state index is -2.02. The van der Waals surface area contributed by atoms with E-state index in [4.69, 9.17) is 18.3 Å². The van der Waals surface area contributed by atoms with Crippen LogP contribution < -0.4 is 4.90 Å². The zero-order valence-corrected chi connectivity index (χ0v) is 48.3. The standard InChI is InChI=1S/C28H38BrN3O4Si.C28H37N3O4Si/c1-21(33)31(26-25(29)15-10-16-30-26)17-11-14-23-18-24(36-37(5,6)28(2,3)4)19-32(23)27(34)35-20-22-12-8-7-9-13-22;1-20(32)30-17-22(25-13-10-14-29-26(25)30)15-23-16-24(35-36(5,6)28(2,3)4)18-31(23)27(33)34-19-21-11-8-7-9-12-21/h7-16,23-24H,17-20H2,1-6H3;7-14,17,23-24H,15-16,18-19H2,1-6H3/b14-11+;/t2*23-,24-/m11/s1. The summed E-state index contributed by atoms with van der Waals surface area (Å²) < 4.78 is 27.1. The highest BCUT2D eigenvalue weighted by molar-refractivity contribution is 9.10. The van der Waals surface area contributed by atoms with Crippen LogP contribution in [0.15, 0.2) is 120 Å². The topological polar surface area (TPSA) is 146 Å². The molecule has 73 heavy (non-hydrogen) atoms. The van der Waals surface area contributed by atoms with Gasteiger partial charge in [0.25, 0.3) is 0 Å². The van der Waals surface area contributed by atoms with E-state index in [1.54, 1.807) is 26.8 Å². The van der Waals surface area contributed by atoms with Gasteiger partial charge in [0.05, 0.1) is 22.7 Å². The first-order chi connectivity index (χ1) is 34.3. The molecule has 7 rings (SSSR count). The summed E-state index contributed by atoms with van der Waals surface area (Å²) in [6.45, 7) is 27.0. The highest BCUT2D eigenvalue weighted by atomic mass is 79.9. The van der Waals surface area contributed by atoms with Crippen molar-refractivity contribution < 1.29 is 37.5 Å². The molecule has 5 heterocycles. The summed E-state index contributed by atoms with van der Waals surface area (Å²) in [6, 6.07) is 26.6. The molecule has 14 nitrogen and oxygen atoms in total. The molecule has 2 saturated heterocycles. The number of nitrogens with zero attached hydrogens (tertiary/aromatic N) is 6. The van der Waals surface area contributed by atoms with Gasteiger partial charge >= 0.3 is 12.2 Å². The Hall–Kier alpha value is -5.47. The Labute approximate surface area is 442 Å². The molecule has 17 heteroatoms. The number of carbonyl (C=O) groups excluding carboxylic acids is 4. The molecule has 0 bridgehead atoms. The minimum Gasteiger partial charge on any atom is -0.445 e. The predicted octanol–water partition coefficient (Wildman–Crippen LogP) is 12.6. The Morgan fingerprint density at radius 1 is 0.712 bits per heavy atom. The number of halogens is 1. The highest BCUT2D eigenvalue weighted by Gasteiger charge is 2.45. The number of ether oxygens (including phenoxy) is 2. The summed E-state index contributed by atoms with van der Waals surface area (Å²) >= 11 is 3.48. The fraction of sp³-hybridized carbons (Fsp3) is 0.464. The average Bonchev–Trinajstić information content (AvgIpc) is 4.04. The number of pyridine rings is 2. The van der Waals surface area contributed by atoms with Crippen LogP contribution >= 0.6 is 15.9 Å². The molecule has 2 fully saturated rings. The van der Waals surface area contributed by atoms with E-state index in [1.165, 1.54) is 13.8 Å². The zero-order chi connectivity index (χ0) is 53.3. The molecule has 0 aliphatic carbocycles. The lowest BCUT2D eigenvalue weighted by Crippen LogP contribution is -2.44. The number of benzene rings is 2. The van der Waals surface area contributed by atoms with Crippen LogP contribution in [-0.4, -0.2) is 109 Å². The number of hydrogen-bond donors (Lipinski definition) is 0. The lowest BCUT2D eigenvalue weighted by Gasteiger charge is -2.38.